The number of nitrogens with zero attached hydrogens (tertiary/aromatic N) is 2. The summed E-state index contributed by atoms with van der Waals surface area (Å²) < 4.78 is 6.89. The van der Waals surface area contributed by atoms with E-state index in [0.29, 0.717) is 17.3 Å². The van der Waals surface area contributed by atoms with Gasteiger partial charge < -0.3 is 10.1 Å². The summed E-state index contributed by atoms with van der Waals surface area (Å²) in [5.74, 6) is -0.350. The molecule has 1 amide bonds. The lowest BCUT2D eigenvalue weighted by Crippen LogP contribution is -2.21. The van der Waals surface area contributed by atoms with Crippen LogP contribution in [0.15, 0.2) is 42.0 Å². The van der Waals surface area contributed by atoms with Gasteiger partial charge in [0.05, 0.1) is 12.1 Å². The summed E-state index contributed by atoms with van der Waals surface area (Å²) in [6.45, 7) is 3.99. The van der Waals surface area contributed by atoms with E-state index in [9.17, 15) is 9.59 Å². The zero-order valence-electron chi connectivity index (χ0n) is 14.8. The molecule has 7 heteroatoms. The van der Waals surface area contributed by atoms with E-state index in [4.69, 9.17) is 4.74 Å². The number of hydrogen-bond donors (Lipinski definition) is 1. The number of hydrogen-bond acceptors (Lipinski definition) is 5. The molecular weight excluding hydrogens is 350 g/mol. The Bertz CT molecular complexity index is 870. The number of amides is 1. The highest BCUT2D eigenvalue weighted by Crippen LogP contribution is 2.20. The molecule has 6 nitrogen and oxygen atoms in total. The molecule has 0 bridgehead atoms. The van der Waals surface area contributed by atoms with Crippen molar-refractivity contribution in [2.24, 2.45) is 0 Å². The monoisotopic (exact) mass is 371 g/mol. The van der Waals surface area contributed by atoms with Crippen LogP contribution in [0.5, 0.6) is 0 Å². The fourth-order valence-electron chi connectivity index (χ4n) is 2.53. The first-order valence-corrected chi connectivity index (χ1v) is 9.39. The van der Waals surface area contributed by atoms with E-state index in [2.05, 4.69) is 24.1 Å². The maximum Gasteiger partial charge on any atom is 0.312 e. The quantitative estimate of drug-likeness (QED) is 0.644. The predicted molar refractivity (Wildman–Crippen MR) is 102 cm³/mol. The van der Waals surface area contributed by atoms with Gasteiger partial charge in [0.25, 0.3) is 5.91 Å². The van der Waals surface area contributed by atoms with Crippen molar-refractivity contribution in [3.63, 3.8) is 0 Å². The largest absolute Gasteiger partial charge is 0.455 e. The second kappa shape index (κ2) is 8.14. The Balaban J connectivity index is 1.45. The number of ether oxygens (including phenoxy) is 1. The lowest BCUT2D eigenvalue weighted by molar-refractivity contribution is -0.146. The number of nitrogens with one attached hydrogen (secondary N) is 1. The number of anilines is 1. The highest BCUT2D eigenvalue weighted by atomic mass is 32.1. The summed E-state index contributed by atoms with van der Waals surface area (Å²) in [6.07, 6.45) is 4.77. The molecule has 0 aliphatic carbocycles. The third-order valence-corrected chi connectivity index (χ3v) is 4.98. The van der Waals surface area contributed by atoms with Gasteiger partial charge in [0.1, 0.15) is 0 Å². The second-order valence-electron chi connectivity index (χ2n) is 6.14. The van der Waals surface area contributed by atoms with Crippen molar-refractivity contribution in [1.29, 1.82) is 0 Å². The van der Waals surface area contributed by atoms with Crippen LogP contribution in [0.2, 0.25) is 0 Å². The maximum atomic E-state index is 11.9. The van der Waals surface area contributed by atoms with Gasteiger partial charge in [0.15, 0.2) is 11.6 Å². The van der Waals surface area contributed by atoms with E-state index in [1.165, 1.54) is 16.9 Å². The van der Waals surface area contributed by atoms with Crippen molar-refractivity contribution in [1.82, 2.24) is 9.38 Å². The summed E-state index contributed by atoms with van der Waals surface area (Å²) in [6, 6.07) is 7.72. The van der Waals surface area contributed by atoms with E-state index in [1.54, 1.807) is 6.20 Å². The summed E-state index contributed by atoms with van der Waals surface area (Å²) in [5.41, 5.74) is 2.55. The topological polar surface area (TPSA) is 72.7 Å². The zero-order chi connectivity index (χ0) is 18.5. The lowest BCUT2D eigenvalue weighted by atomic mass is 9.99. The van der Waals surface area contributed by atoms with E-state index in [0.717, 1.165) is 11.4 Å². The standard InChI is InChI=1S/C19H21N3O3S/c1-3-13(2)14-4-6-15(7-5-14)20-17(23)12-25-18(24)10-16-11-22-8-9-26-19(22)21-16/h4-9,11,13H,3,10,12H2,1-2H3,(H,20,23)/t13-/m1/s1. The molecule has 0 spiro atoms. The Morgan fingerprint density at radius 3 is 2.77 bits per heavy atom. The number of rotatable bonds is 7. The third kappa shape index (κ3) is 4.49. The number of carbonyl (C=O) groups is 2. The minimum atomic E-state index is -0.474. The summed E-state index contributed by atoms with van der Waals surface area (Å²) in [4.78, 5) is 29.0. The Morgan fingerprint density at radius 1 is 1.31 bits per heavy atom. The Kier molecular flexibility index (Phi) is 5.68. The molecule has 0 unspecified atom stereocenters. The van der Waals surface area contributed by atoms with Crippen LogP contribution < -0.4 is 5.32 Å². The van der Waals surface area contributed by atoms with Crippen LogP contribution in [0.25, 0.3) is 4.96 Å². The van der Waals surface area contributed by atoms with Crippen LogP contribution in [0.3, 0.4) is 0 Å². The minimum Gasteiger partial charge on any atom is -0.455 e. The van der Waals surface area contributed by atoms with Crippen LogP contribution in [-0.2, 0) is 20.7 Å². The van der Waals surface area contributed by atoms with Crippen LogP contribution >= 0.6 is 11.3 Å². The van der Waals surface area contributed by atoms with Crippen molar-refractivity contribution in [3.05, 3.63) is 53.3 Å². The van der Waals surface area contributed by atoms with Gasteiger partial charge in [-0.25, -0.2) is 4.98 Å². The van der Waals surface area contributed by atoms with Crippen LogP contribution in [0, 0.1) is 0 Å². The molecule has 0 saturated heterocycles. The first-order valence-electron chi connectivity index (χ1n) is 8.51. The summed E-state index contributed by atoms with van der Waals surface area (Å²) in [7, 11) is 0. The van der Waals surface area contributed by atoms with Gasteiger partial charge in [0.2, 0.25) is 0 Å². The van der Waals surface area contributed by atoms with Crippen LogP contribution in [0.4, 0.5) is 5.69 Å². The van der Waals surface area contributed by atoms with Crippen molar-refractivity contribution < 1.29 is 14.3 Å². The number of esters is 1. The molecule has 1 aromatic carbocycles. The molecule has 0 saturated carbocycles. The number of carbonyl (C=O) groups excluding carboxylic acids is 2. The molecular formula is C19H21N3O3S. The van der Waals surface area contributed by atoms with Gasteiger partial charge >= 0.3 is 5.97 Å². The third-order valence-electron chi connectivity index (χ3n) is 4.21. The predicted octanol–water partition coefficient (Wildman–Crippen LogP) is 3.63. The minimum absolute atomic E-state index is 0.0469. The Morgan fingerprint density at radius 2 is 2.08 bits per heavy atom. The molecule has 136 valence electrons. The molecule has 0 aliphatic heterocycles. The molecule has 1 N–H and O–H groups in total. The van der Waals surface area contributed by atoms with Crippen molar-refractivity contribution >= 4 is 33.9 Å². The number of aromatic nitrogens is 2. The molecule has 26 heavy (non-hydrogen) atoms. The number of imidazole rings is 1. The molecule has 2 aromatic heterocycles. The number of fused-ring (bicyclic) bond motifs is 1. The van der Waals surface area contributed by atoms with Gasteiger partial charge in [0, 0.05) is 23.5 Å². The Labute approximate surface area is 155 Å². The maximum absolute atomic E-state index is 11.9. The van der Waals surface area contributed by atoms with Gasteiger partial charge in [-0.2, -0.15) is 0 Å². The van der Waals surface area contributed by atoms with E-state index in [-0.39, 0.29) is 18.9 Å². The molecule has 1 atom stereocenters. The lowest BCUT2D eigenvalue weighted by Gasteiger charge is -2.10. The molecule has 0 fully saturated rings. The van der Waals surface area contributed by atoms with Gasteiger partial charge in [-0.15, -0.1) is 11.3 Å². The highest BCUT2D eigenvalue weighted by Gasteiger charge is 2.12. The van der Waals surface area contributed by atoms with Crippen LogP contribution in [-0.4, -0.2) is 27.9 Å². The van der Waals surface area contributed by atoms with Gasteiger partial charge in [-0.1, -0.05) is 26.0 Å². The molecule has 2 heterocycles. The fraction of sp³-hybridized carbons (Fsp3) is 0.316. The van der Waals surface area contributed by atoms with Gasteiger partial charge in [-0.3, -0.25) is 14.0 Å². The summed E-state index contributed by atoms with van der Waals surface area (Å²) in [5, 5.41) is 4.65. The molecule has 3 rings (SSSR count). The van der Waals surface area contributed by atoms with E-state index in [1.807, 2.05) is 40.2 Å². The van der Waals surface area contributed by atoms with Gasteiger partial charge in [-0.05, 0) is 30.0 Å². The highest BCUT2D eigenvalue weighted by molar-refractivity contribution is 7.15. The van der Waals surface area contributed by atoms with E-state index < -0.39 is 5.97 Å². The molecule has 0 aliphatic rings. The first kappa shape index (κ1) is 18.1. The van der Waals surface area contributed by atoms with E-state index >= 15 is 0 Å². The average Bonchev–Trinajstić information content (AvgIpc) is 3.21. The first-order chi connectivity index (χ1) is 12.5. The number of thiazole rings is 1. The fourth-order valence-corrected chi connectivity index (χ4v) is 3.25. The molecule has 3 aromatic rings. The normalized spacial score (nSPS) is 12.1. The SMILES string of the molecule is CC[C@@H](C)c1ccc(NC(=O)COC(=O)Cc2cn3ccsc3n2)cc1. The van der Waals surface area contributed by atoms with Crippen molar-refractivity contribution in [3.8, 4) is 0 Å². The van der Waals surface area contributed by atoms with Crippen molar-refractivity contribution in [2.45, 2.75) is 32.6 Å². The second-order valence-corrected chi connectivity index (χ2v) is 7.02. The Hall–Kier alpha value is -2.67. The number of benzene rings is 1. The molecule has 0 radical (unpaired) electrons. The smallest absolute Gasteiger partial charge is 0.312 e. The summed E-state index contributed by atoms with van der Waals surface area (Å²) >= 11 is 1.49. The zero-order valence-corrected chi connectivity index (χ0v) is 15.6. The van der Waals surface area contributed by atoms with Crippen molar-refractivity contribution in [2.75, 3.05) is 11.9 Å². The average molecular weight is 371 g/mol. The van der Waals surface area contributed by atoms with Crippen LogP contribution in [0.1, 0.15) is 37.4 Å².